The number of hydrogen-bond donors (Lipinski definition) is 1. The van der Waals surface area contributed by atoms with E-state index in [0.29, 0.717) is 12.5 Å². The van der Waals surface area contributed by atoms with Crippen molar-refractivity contribution >= 4 is 5.97 Å². The van der Waals surface area contributed by atoms with Gasteiger partial charge in [0.2, 0.25) is 0 Å². The van der Waals surface area contributed by atoms with Crippen LogP contribution in [0, 0.1) is 0 Å². The van der Waals surface area contributed by atoms with Crippen molar-refractivity contribution in [1.82, 2.24) is 5.32 Å². The lowest BCUT2D eigenvalue weighted by molar-refractivity contribution is -0.149. The van der Waals surface area contributed by atoms with Gasteiger partial charge in [-0.2, -0.15) is 0 Å². The summed E-state index contributed by atoms with van der Waals surface area (Å²) < 4.78 is 5.46. The molecule has 0 saturated carbocycles. The van der Waals surface area contributed by atoms with E-state index in [1.54, 1.807) is 0 Å². The van der Waals surface area contributed by atoms with Crippen LogP contribution in [0.4, 0.5) is 0 Å². The fourth-order valence-corrected chi connectivity index (χ4v) is 2.19. The Morgan fingerprint density at radius 2 is 2.25 bits per heavy atom. The molecule has 0 aromatic carbocycles. The summed E-state index contributed by atoms with van der Waals surface area (Å²) in [6.07, 6.45) is 7.24. The lowest BCUT2D eigenvalue weighted by Gasteiger charge is -2.27. The number of esters is 1. The van der Waals surface area contributed by atoms with Gasteiger partial charge in [-0.3, -0.25) is 4.79 Å². The van der Waals surface area contributed by atoms with E-state index in [1.807, 2.05) is 6.92 Å². The summed E-state index contributed by atoms with van der Waals surface area (Å²) in [5.74, 6) is -0.0369. The highest BCUT2D eigenvalue weighted by Gasteiger charge is 2.19. The Balaban J connectivity index is 2.27. The van der Waals surface area contributed by atoms with Crippen LogP contribution in [0.5, 0.6) is 0 Å². The Labute approximate surface area is 98.9 Å². The van der Waals surface area contributed by atoms with Crippen molar-refractivity contribution in [3.63, 3.8) is 0 Å². The SMILES string of the molecule is CCCC(=O)OC(CC)CC1CCCCN1. The number of hydrogen-bond acceptors (Lipinski definition) is 3. The van der Waals surface area contributed by atoms with Gasteiger partial charge in [-0.25, -0.2) is 0 Å². The molecule has 1 rings (SSSR count). The Bertz CT molecular complexity index is 200. The van der Waals surface area contributed by atoms with Gasteiger partial charge in [-0.1, -0.05) is 20.3 Å². The molecule has 0 bridgehead atoms. The summed E-state index contributed by atoms with van der Waals surface area (Å²) in [5.41, 5.74) is 0. The van der Waals surface area contributed by atoms with Crippen LogP contribution in [0.25, 0.3) is 0 Å². The van der Waals surface area contributed by atoms with Crippen molar-refractivity contribution in [3.05, 3.63) is 0 Å². The summed E-state index contributed by atoms with van der Waals surface area (Å²) in [5, 5.41) is 3.50. The molecule has 0 aromatic rings. The van der Waals surface area contributed by atoms with Gasteiger partial charge in [0, 0.05) is 12.5 Å². The molecule has 0 aromatic heterocycles. The van der Waals surface area contributed by atoms with Crippen molar-refractivity contribution in [2.24, 2.45) is 0 Å². The van der Waals surface area contributed by atoms with Gasteiger partial charge in [0.15, 0.2) is 0 Å². The van der Waals surface area contributed by atoms with Gasteiger partial charge in [0.25, 0.3) is 0 Å². The van der Waals surface area contributed by atoms with E-state index >= 15 is 0 Å². The monoisotopic (exact) mass is 227 g/mol. The van der Waals surface area contributed by atoms with Crippen LogP contribution in [0.2, 0.25) is 0 Å². The van der Waals surface area contributed by atoms with Gasteiger partial charge in [0.1, 0.15) is 6.10 Å². The van der Waals surface area contributed by atoms with Crippen LogP contribution in [-0.2, 0) is 9.53 Å². The van der Waals surface area contributed by atoms with E-state index in [1.165, 1.54) is 19.3 Å². The first-order chi connectivity index (χ1) is 7.76. The Hall–Kier alpha value is -0.570. The molecule has 1 fully saturated rings. The van der Waals surface area contributed by atoms with Gasteiger partial charge in [0.05, 0.1) is 0 Å². The molecule has 2 unspecified atom stereocenters. The van der Waals surface area contributed by atoms with Crippen LogP contribution in [0.1, 0.15) is 58.8 Å². The lowest BCUT2D eigenvalue weighted by atomic mass is 9.98. The van der Waals surface area contributed by atoms with E-state index in [2.05, 4.69) is 12.2 Å². The number of ether oxygens (including phenoxy) is 1. The van der Waals surface area contributed by atoms with Crippen molar-refractivity contribution in [1.29, 1.82) is 0 Å². The maximum absolute atomic E-state index is 11.4. The van der Waals surface area contributed by atoms with Crippen molar-refractivity contribution < 1.29 is 9.53 Å². The van der Waals surface area contributed by atoms with Crippen LogP contribution in [0.3, 0.4) is 0 Å². The third kappa shape index (κ3) is 4.97. The van der Waals surface area contributed by atoms with E-state index in [0.717, 1.165) is 25.8 Å². The van der Waals surface area contributed by atoms with Crippen LogP contribution >= 0.6 is 0 Å². The number of piperidine rings is 1. The number of nitrogens with one attached hydrogen (secondary N) is 1. The topological polar surface area (TPSA) is 38.3 Å². The lowest BCUT2D eigenvalue weighted by Crippen LogP contribution is -2.37. The highest BCUT2D eigenvalue weighted by molar-refractivity contribution is 5.69. The second kappa shape index (κ2) is 7.66. The minimum Gasteiger partial charge on any atom is -0.462 e. The highest BCUT2D eigenvalue weighted by Crippen LogP contribution is 2.16. The summed E-state index contributed by atoms with van der Waals surface area (Å²) in [7, 11) is 0. The van der Waals surface area contributed by atoms with Crippen LogP contribution in [0.15, 0.2) is 0 Å². The Kier molecular flexibility index (Phi) is 6.46. The zero-order chi connectivity index (χ0) is 11.8. The molecule has 3 heteroatoms. The maximum Gasteiger partial charge on any atom is 0.306 e. The number of carbonyl (C=O) groups is 1. The molecule has 1 aliphatic rings. The molecular weight excluding hydrogens is 202 g/mol. The first-order valence-corrected chi connectivity index (χ1v) is 6.69. The van der Waals surface area contributed by atoms with Crippen molar-refractivity contribution in [2.75, 3.05) is 6.54 Å². The molecular formula is C13H25NO2. The van der Waals surface area contributed by atoms with Crippen LogP contribution in [-0.4, -0.2) is 24.7 Å². The Morgan fingerprint density at radius 3 is 2.81 bits per heavy atom. The van der Waals surface area contributed by atoms with Gasteiger partial charge in [-0.15, -0.1) is 0 Å². The van der Waals surface area contributed by atoms with Crippen molar-refractivity contribution in [2.45, 2.75) is 70.9 Å². The largest absolute Gasteiger partial charge is 0.462 e. The van der Waals surface area contributed by atoms with Gasteiger partial charge in [-0.05, 0) is 38.6 Å². The minimum atomic E-state index is -0.0369. The summed E-state index contributed by atoms with van der Waals surface area (Å²) >= 11 is 0. The van der Waals surface area contributed by atoms with Gasteiger partial charge >= 0.3 is 5.97 Å². The molecule has 2 atom stereocenters. The van der Waals surface area contributed by atoms with E-state index < -0.39 is 0 Å². The summed E-state index contributed by atoms with van der Waals surface area (Å²) in [4.78, 5) is 11.4. The molecule has 1 saturated heterocycles. The average Bonchev–Trinajstić information content (AvgIpc) is 2.30. The molecule has 1 aliphatic heterocycles. The fourth-order valence-electron chi connectivity index (χ4n) is 2.19. The molecule has 0 amide bonds. The van der Waals surface area contributed by atoms with E-state index in [9.17, 15) is 4.79 Å². The third-order valence-electron chi connectivity index (χ3n) is 3.17. The maximum atomic E-state index is 11.4. The zero-order valence-corrected chi connectivity index (χ0v) is 10.6. The molecule has 1 heterocycles. The number of carbonyl (C=O) groups excluding carboxylic acids is 1. The fraction of sp³-hybridized carbons (Fsp3) is 0.923. The molecule has 1 N–H and O–H groups in total. The predicted octanol–water partition coefficient (Wildman–Crippen LogP) is 2.64. The minimum absolute atomic E-state index is 0.0369. The highest BCUT2D eigenvalue weighted by atomic mass is 16.5. The standard InChI is InChI=1S/C13H25NO2/c1-3-7-13(15)16-12(4-2)10-11-8-5-6-9-14-11/h11-12,14H,3-10H2,1-2H3. The van der Waals surface area contributed by atoms with Gasteiger partial charge < -0.3 is 10.1 Å². The third-order valence-corrected chi connectivity index (χ3v) is 3.17. The number of rotatable bonds is 6. The quantitative estimate of drug-likeness (QED) is 0.709. The first-order valence-electron chi connectivity index (χ1n) is 6.69. The second-order valence-electron chi connectivity index (χ2n) is 4.65. The molecule has 16 heavy (non-hydrogen) atoms. The Morgan fingerprint density at radius 1 is 1.44 bits per heavy atom. The summed E-state index contributed by atoms with van der Waals surface area (Å²) in [6.45, 7) is 5.21. The predicted molar refractivity (Wildman–Crippen MR) is 65.3 cm³/mol. The molecule has 0 spiro atoms. The smallest absolute Gasteiger partial charge is 0.306 e. The average molecular weight is 227 g/mol. The normalized spacial score (nSPS) is 22.8. The second-order valence-corrected chi connectivity index (χ2v) is 4.65. The first kappa shape index (κ1) is 13.5. The van der Waals surface area contributed by atoms with Crippen LogP contribution < -0.4 is 5.32 Å². The molecule has 94 valence electrons. The molecule has 3 nitrogen and oxygen atoms in total. The molecule has 0 aliphatic carbocycles. The van der Waals surface area contributed by atoms with E-state index in [4.69, 9.17) is 4.74 Å². The van der Waals surface area contributed by atoms with Crippen molar-refractivity contribution in [3.8, 4) is 0 Å². The zero-order valence-electron chi connectivity index (χ0n) is 10.6. The van der Waals surface area contributed by atoms with E-state index in [-0.39, 0.29) is 12.1 Å². The summed E-state index contributed by atoms with van der Waals surface area (Å²) in [6, 6.07) is 0.549. The molecule has 0 radical (unpaired) electrons.